The van der Waals surface area contributed by atoms with Crippen LogP contribution in [0.15, 0.2) is 59.4 Å². The Morgan fingerprint density at radius 3 is 2.93 bits per heavy atom. The van der Waals surface area contributed by atoms with Gasteiger partial charge in [-0.3, -0.25) is 4.79 Å². The average molecular weight is 376 g/mol. The minimum atomic E-state index is -0.615. The lowest BCUT2D eigenvalue weighted by molar-refractivity contribution is 0.0691. The Morgan fingerprint density at radius 2 is 2.11 bits per heavy atom. The van der Waals surface area contributed by atoms with Crippen molar-refractivity contribution in [1.82, 2.24) is 19.9 Å². The van der Waals surface area contributed by atoms with Gasteiger partial charge in [0, 0.05) is 23.8 Å². The molecule has 1 N–H and O–H groups in total. The smallest absolute Gasteiger partial charge is 0.256 e. The second-order valence-corrected chi connectivity index (χ2v) is 6.83. The largest absolute Gasteiger partial charge is 0.458 e. The number of H-pyrrole nitrogens is 1. The molecule has 4 heterocycles. The molecule has 0 radical (unpaired) electrons. The molecule has 0 saturated heterocycles. The molecule has 1 aliphatic rings. The number of para-hydroxylation sites is 1. The van der Waals surface area contributed by atoms with Crippen LogP contribution >= 0.6 is 0 Å². The maximum absolute atomic E-state index is 13.3. The molecule has 0 unspecified atom stereocenters. The maximum Gasteiger partial charge on any atom is 0.256 e. The highest BCUT2D eigenvalue weighted by atomic mass is 19.1. The lowest BCUT2D eigenvalue weighted by Crippen LogP contribution is -2.35. The van der Waals surface area contributed by atoms with Crippen molar-refractivity contribution in [3.63, 3.8) is 0 Å². The quantitative estimate of drug-likeness (QED) is 0.539. The standard InChI is InChI=1S/C21H17FN4O2/c22-18-8-7-14(11-23-18)21(27)26-9-3-5-15-19(25-12-24-15)20(26)17-10-13-4-1-2-6-16(13)28-17/h1-2,4,6-8,10-12,20H,3,5,9H2,(H,24,25)/t20-/m1/s1. The van der Waals surface area contributed by atoms with Crippen LogP contribution in [-0.4, -0.2) is 32.3 Å². The van der Waals surface area contributed by atoms with Gasteiger partial charge in [0.2, 0.25) is 5.95 Å². The number of furan rings is 1. The number of aryl methyl sites for hydroxylation is 1. The Morgan fingerprint density at radius 1 is 1.21 bits per heavy atom. The van der Waals surface area contributed by atoms with Crippen LogP contribution in [0.1, 0.15) is 40.0 Å². The first-order valence-electron chi connectivity index (χ1n) is 9.14. The minimum absolute atomic E-state index is 0.228. The zero-order valence-corrected chi connectivity index (χ0v) is 14.9. The van der Waals surface area contributed by atoms with Gasteiger partial charge in [0.1, 0.15) is 17.4 Å². The molecule has 28 heavy (non-hydrogen) atoms. The van der Waals surface area contributed by atoms with Crippen molar-refractivity contribution in [2.24, 2.45) is 0 Å². The van der Waals surface area contributed by atoms with E-state index < -0.39 is 12.0 Å². The number of imidazole rings is 1. The van der Waals surface area contributed by atoms with Crippen LogP contribution < -0.4 is 0 Å². The Labute approximate surface area is 160 Å². The lowest BCUT2D eigenvalue weighted by Gasteiger charge is -2.28. The van der Waals surface area contributed by atoms with Gasteiger partial charge in [-0.25, -0.2) is 9.97 Å². The molecule has 0 saturated carbocycles. The molecule has 7 heteroatoms. The molecule has 0 bridgehead atoms. The van der Waals surface area contributed by atoms with Gasteiger partial charge >= 0.3 is 0 Å². The average Bonchev–Trinajstić information content (AvgIpc) is 3.30. The molecule has 1 amide bonds. The van der Waals surface area contributed by atoms with E-state index in [0.29, 0.717) is 17.9 Å². The number of benzene rings is 1. The fourth-order valence-electron chi connectivity index (χ4n) is 3.78. The Bertz CT molecular complexity index is 1120. The van der Waals surface area contributed by atoms with Crippen LogP contribution in [0.4, 0.5) is 4.39 Å². The van der Waals surface area contributed by atoms with Crippen molar-refractivity contribution in [2.45, 2.75) is 18.9 Å². The van der Waals surface area contributed by atoms with Crippen molar-refractivity contribution < 1.29 is 13.6 Å². The van der Waals surface area contributed by atoms with Crippen LogP contribution in [0.25, 0.3) is 11.0 Å². The van der Waals surface area contributed by atoms with Crippen molar-refractivity contribution in [2.75, 3.05) is 6.54 Å². The number of aromatic amines is 1. The summed E-state index contributed by atoms with van der Waals surface area (Å²) in [7, 11) is 0. The third-order valence-corrected chi connectivity index (χ3v) is 5.10. The number of hydrogen-bond donors (Lipinski definition) is 1. The van der Waals surface area contributed by atoms with Crippen molar-refractivity contribution >= 4 is 16.9 Å². The van der Waals surface area contributed by atoms with Crippen LogP contribution in [0.3, 0.4) is 0 Å². The van der Waals surface area contributed by atoms with Gasteiger partial charge in [0.15, 0.2) is 0 Å². The number of amides is 1. The predicted octanol–water partition coefficient (Wildman–Crippen LogP) is 3.87. The van der Waals surface area contributed by atoms with Crippen LogP contribution in [0.2, 0.25) is 0 Å². The first kappa shape index (κ1) is 16.7. The van der Waals surface area contributed by atoms with Gasteiger partial charge < -0.3 is 14.3 Å². The number of rotatable bonds is 2. The molecule has 4 aromatic rings. The van der Waals surface area contributed by atoms with E-state index in [0.717, 1.165) is 35.2 Å². The van der Waals surface area contributed by atoms with Gasteiger partial charge in [-0.2, -0.15) is 4.39 Å². The zero-order valence-electron chi connectivity index (χ0n) is 14.9. The number of pyridine rings is 1. The molecule has 0 spiro atoms. The highest BCUT2D eigenvalue weighted by Gasteiger charge is 2.35. The molecule has 6 nitrogen and oxygen atoms in total. The van der Waals surface area contributed by atoms with Gasteiger partial charge in [-0.1, -0.05) is 18.2 Å². The summed E-state index contributed by atoms with van der Waals surface area (Å²) in [6, 6.07) is 11.9. The Balaban J connectivity index is 1.63. The molecule has 1 aliphatic heterocycles. The number of nitrogens with one attached hydrogen (secondary N) is 1. The van der Waals surface area contributed by atoms with Crippen LogP contribution in [0, 0.1) is 5.95 Å². The topological polar surface area (TPSA) is 75.0 Å². The normalized spacial score (nSPS) is 16.8. The Kier molecular flexibility index (Phi) is 3.93. The molecule has 5 rings (SSSR count). The summed E-state index contributed by atoms with van der Waals surface area (Å²) < 4.78 is 19.3. The van der Waals surface area contributed by atoms with E-state index in [1.165, 1.54) is 18.3 Å². The molecular formula is C21H17FN4O2. The summed E-state index contributed by atoms with van der Waals surface area (Å²) in [6.45, 7) is 0.530. The summed E-state index contributed by atoms with van der Waals surface area (Å²) in [5, 5.41) is 0.967. The van der Waals surface area contributed by atoms with Crippen molar-refractivity contribution in [3.8, 4) is 0 Å². The second kappa shape index (κ2) is 6.60. The fourth-order valence-corrected chi connectivity index (χ4v) is 3.78. The number of nitrogens with zero attached hydrogens (tertiary/aromatic N) is 3. The van der Waals surface area contributed by atoms with E-state index in [1.54, 1.807) is 11.2 Å². The zero-order chi connectivity index (χ0) is 19.1. The molecular weight excluding hydrogens is 359 g/mol. The number of carbonyl (C=O) groups excluding carboxylic acids is 1. The highest BCUT2D eigenvalue weighted by molar-refractivity contribution is 5.94. The number of fused-ring (bicyclic) bond motifs is 2. The van der Waals surface area contributed by atoms with E-state index in [1.807, 2.05) is 30.3 Å². The molecule has 140 valence electrons. The Hall–Kier alpha value is -3.48. The number of aromatic nitrogens is 3. The summed E-state index contributed by atoms with van der Waals surface area (Å²) in [5.41, 5.74) is 2.87. The van der Waals surface area contributed by atoms with E-state index in [-0.39, 0.29) is 5.91 Å². The van der Waals surface area contributed by atoms with Gasteiger partial charge in [0.25, 0.3) is 5.91 Å². The predicted molar refractivity (Wildman–Crippen MR) is 100 cm³/mol. The summed E-state index contributed by atoms with van der Waals surface area (Å²) in [4.78, 5) is 26.3. The summed E-state index contributed by atoms with van der Waals surface area (Å²) >= 11 is 0. The first-order valence-corrected chi connectivity index (χ1v) is 9.14. The molecule has 1 atom stereocenters. The number of halogens is 1. The molecule has 0 fully saturated rings. The van der Waals surface area contributed by atoms with Crippen molar-refractivity contribution in [3.05, 3.63) is 83.6 Å². The molecule has 1 aromatic carbocycles. The lowest BCUT2D eigenvalue weighted by atomic mass is 10.1. The van der Waals surface area contributed by atoms with E-state index in [9.17, 15) is 9.18 Å². The van der Waals surface area contributed by atoms with Crippen molar-refractivity contribution in [1.29, 1.82) is 0 Å². The van der Waals surface area contributed by atoms with E-state index >= 15 is 0 Å². The number of carbonyl (C=O) groups is 1. The van der Waals surface area contributed by atoms with Gasteiger partial charge in [0.05, 0.1) is 17.6 Å². The molecule has 0 aliphatic carbocycles. The van der Waals surface area contributed by atoms with Gasteiger partial charge in [-0.05, 0) is 37.1 Å². The van der Waals surface area contributed by atoms with E-state index in [2.05, 4.69) is 15.0 Å². The third kappa shape index (κ3) is 2.76. The SMILES string of the molecule is O=C(c1ccc(F)nc1)N1CCCc2[nH]cnc2[C@H]1c1cc2ccccc2o1. The molecule has 3 aromatic heterocycles. The summed E-state index contributed by atoms with van der Waals surface area (Å²) in [5.74, 6) is -0.190. The van der Waals surface area contributed by atoms with E-state index in [4.69, 9.17) is 4.42 Å². The highest BCUT2D eigenvalue weighted by Crippen LogP contribution is 2.36. The van der Waals surface area contributed by atoms with Gasteiger partial charge in [-0.15, -0.1) is 0 Å². The first-order chi connectivity index (χ1) is 13.7. The number of hydrogen-bond acceptors (Lipinski definition) is 4. The van der Waals surface area contributed by atoms with Crippen LogP contribution in [-0.2, 0) is 6.42 Å². The van der Waals surface area contributed by atoms with Crippen LogP contribution in [0.5, 0.6) is 0 Å². The summed E-state index contributed by atoms with van der Waals surface area (Å²) in [6.07, 6.45) is 4.49. The second-order valence-electron chi connectivity index (χ2n) is 6.83. The fraction of sp³-hybridized carbons (Fsp3) is 0.190. The monoisotopic (exact) mass is 376 g/mol. The minimum Gasteiger partial charge on any atom is -0.458 e. The third-order valence-electron chi connectivity index (χ3n) is 5.10. The maximum atomic E-state index is 13.3.